The Balaban J connectivity index is 1.96. The molecule has 1 aromatic heterocycles. The largest absolute Gasteiger partial charge is 0.337 e. The van der Waals surface area contributed by atoms with Crippen molar-refractivity contribution in [1.82, 2.24) is 14.8 Å². The highest BCUT2D eigenvalue weighted by atomic mass is 32.1. The van der Waals surface area contributed by atoms with E-state index in [1.54, 1.807) is 4.90 Å². The number of hydrogen-bond acceptors (Lipinski definition) is 7. The number of nitrogens with zero attached hydrogens (tertiary/aromatic N) is 4. The molecular weight excluding hydrogens is 312 g/mol. The monoisotopic (exact) mass is 334 g/mol. The first-order chi connectivity index (χ1) is 11.0. The highest BCUT2D eigenvalue weighted by molar-refractivity contribution is 7.15. The van der Waals surface area contributed by atoms with E-state index in [9.17, 15) is 10.1 Å². The molecule has 1 aliphatic heterocycles. The molecule has 0 radical (unpaired) electrons. The minimum absolute atomic E-state index is 0.0998. The molecule has 1 aliphatic rings. The van der Waals surface area contributed by atoms with Gasteiger partial charge in [0.15, 0.2) is 5.13 Å². The Bertz CT molecular complexity index is 605. The van der Waals surface area contributed by atoms with Crippen LogP contribution < -0.4 is 11.1 Å². The number of aryl methyl sites for hydroxylation is 2. The number of nitrogens with two attached hydrogens (primary N) is 1. The van der Waals surface area contributed by atoms with E-state index in [0.29, 0.717) is 24.8 Å². The molecule has 1 aromatic rings. The van der Waals surface area contributed by atoms with Crippen LogP contribution in [0, 0.1) is 25.2 Å². The van der Waals surface area contributed by atoms with E-state index >= 15 is 0 Å². The van der Waals surface area contributed by atoms with Gasteiger partial charge in [-0.15, -0.1) is 11.3 Å². The maximum absolute atomic E-state index is 12.4. The third kappa shape index (κ3) is 4.51. The van der Waals surface area contributed by atoms with E-state index in [2.05, 4.69) is 15.2 Å². The molecule has 8 heteroatoms. The fourth-order valence-corrected chi connectivity index (χ4v) is 3.12. The second kappa shape index (κ2) is 8.06. The molecular formula is C15H22N6OS. The third-order valence-corrected chi connectivity index (χ3v) is 4.83. The zero-order chi connectivity index (χ0) is 16.8. The van der Waals surface area contributed by atoms with Crippen molar-refractivity contribution in [1.29, 1.82) is 5.26 Å². The number of amides is 1. The number of carbonyl (C=O) groups is 1. The standard InChI is InChI=1S/C15H22N6OS/c1-11-12(2)23-15(19-11)18-10-13(9-17)14(22)21-7-5-20(4-3-16)6-8-21/h10H,3-8,16H2,1-2H3,(H,18,19)/b13-10-. The number of nitrogens with one attached hydrogen (secondary N) is 1. The Labute approximate surface area is 140 Å². The van der Waals surface area contributed by atoms with Crippen LogP contribution in [0.3, 0.4) is 0 Å². The molecule has 0 saturated carbocycles. The molecule has 0 spiro atoms. The average Bonchev–Trinajstić information content (AvgIpc) is 2.87. The first-order valence-electron chi connectivity index (χ1n) is 7.57. The van der Waals surface area contributed by atoms with Crippen molar-refractivity contribution in [3.05, 3.63) is 22.3 Å². The van der Waals surface area contributed by atoms with Gasteiger partial charge in [0.05, 0.1) is 5.69 Å². The van der Waals surface area contributed by atoms with Crippen LogP contribution in [0.4, 0.5) is 5.13 Å². The predicted octanol–water partition coefficient (Wildman–Crippen LogP) is 0.682. The quantitative estimate of drug-likeness (QED) is 0.607. The molecule has 124 valence electrons. The van der Waals surface area contributed by atoms with Crippen molar-refractivity contribution in [2.45, 2.75) is 13.8 Å². The van der Waals surface area contributed by atoms with Gasteiger partial charge in [0.25, 0.3) is 5.91 Å². The van der Waals surface area contributed by atoms with Gasteiger partial charge in [-0.05, 0) is 13.8 Å². The summed E-state index contributed by atoms with van der Waals surface area (Å²) in [5.41, 5.74) is 6.59. The molecule has 3 N–H and O–H groups in total. The smallest absolute Gasteiger partial charge is 0.266 e. The van der Waals surface area contributed by atoms with Crippen molar-refractivity contribution in [3.8, 4) is 6.07 Å². The molecule has 0 aliphatic carbocycles. The molecule has 2 rings (SSSR count). The van der Waals surface area contributed by atoms with Crippen molar-refractivity contribution in [3.63, 3.8) is 0 Å². The Kier molecular flexibility index (Phi) is 6.10. The van der Waals surface area contributed by atoms with Gasteiger partial charge in [-0.1, -0.05) is 0 Å². The van der Waals surface area contributed by atoms with Gasteiger partial charge in [-0.3, -0.25) is 9.69 Å². The third-order valence-electron chi connectivity index (χ3n) is 3.82. The summed E-state index contributed by atoms with van der Waals surface area (Å²) in [6.07, 6.45) is 1.45. The van der Waals surface area contributed by atoms with Crippen LogP contribution in [0.2, 0.25) is 0 Å². The summed E-state index contributed by atoms with van der Waals surface area (Å²) in [6.45, 7) is 8.19. The van der Waals surface area contributed by atoms with Gasteiger partial charge in [0.2, 0.25) is 0 Å². The lowest BCUT2D eigenvalue weighted by Gasteiger charge is -2.34. The van der Waals surface area contributed by atoms with Gasteiger partial charge in [-0.25, -0.2) is 4.98 Å². The lowest BCUT2D eigenvalue weighted by atomic mass is 10.2. The van der Waals surface area contributed by atoms with Crippen LogP contribution >= 0.6 is 11.3 Å². The van der Waals surface area contributed by atoms with Crippen LogP contribution in [0.25, 0.3) is 0 Å². The number of nitriles is 1. The van der Waals surface area contributed by atoms with E-state index in [1.807, 2.05) is 19.9 Å². The molecule has 0 atom stereocenters. The normalized spacial score (nSPS) is 16.3. The molecule has 0 unspecified atom stereocenters. The average molecular weight is 334 g/mol. The predicted molar refractivity (Wildman–Crippen MR) is 91.0 cm³/mol. The topological polar surface area (TPSA) is 98.3 Å². The highest BCUT2D eigenvalue weighted by Crippen LogP contribution is 2.21. The summed E-state index contributed by atoms with van der Waals surface area (Å²) in [4.78, 5) is 21.8. The summed E-state index contributed by atoms with van der Waals surface area (Å²) in [7, 11) is 0. The van der Waals surface area contributed by atoms with Gasteiger partial charge in [0, 0.05) is 50.3 Å². The van der Waals surface area contributed by atoms with Crippen molar-refractivity contribution in [2.24, 2.45) is 5.73 Å². The van der Waals surface area contributed by atoms with E-state index in [1.165, 1.54) is 17.5 Å². The van der Waals surface area contributed by atoms with E-state index < -0.39 is 0 Å². The lowest BCUT2D eigenvalue weighted by molar-refractivity contribution is -0.128. The van der Waals surface area contributed by atoms with Crippen molar-refractivity contribution in [2.75, 3.05) is 44.6 Å². The fraction of sp³-hybridized carbons (Fsp3) is 0.533. The van der Waals surface area contributed by atoms with Gasteiger partial charge < -0.3 is 16.0 Å². The first-order valence-corrected chi connectivity index (χ1v) is 8.39. The number of anilines is 1. The maximum atomic E-state index is 12.4. The minimum atomic E-state index is -0.239. The van der Waals surface area contributed by atoms with Crippen LogP contribution in [0.1, 0.15) is 10.6 Å². The minimum Gasteiger partial charge on any atom is -0.337 e. The summed E-state index contributed by atoms with van der Waals surface area (Å²) in [5.74, 6) is -0.239. The summed E-state index contributed by atoms with van der Waals surface area (Å²) in [5, 5.41) is 12.9. The van der Waals surface area contributed by atoms with Crippen molar-refractivity contribution < 1.29 is 4.79 Å². The van der Waals surface area contributed by atoms with Crippen LogP contribution in [-0.4, -0.2) is 60.0 Å². The van der Waals surface area contributed by atoms with Gasteiger partial charge in [-0.2, -0.15) is 5.26 Å². The maximum Gasteiger partial charge on any atom is 0.266 e. The van der Waals surface area contributed by atoms with Crippen molar-refractivity contribution >= 4 is 22.4 Å². The molecule has 1 fully saturated rings. The number of piperazine rings is 1. The Morgan fingerprint density at radius 1 is 1.43 bits per heavy atom. The molecule has 7 nitrogen and oxygen atoms in total. The molecule has 2 heterocycles. The Hall–Kier alpha value is -1.95. The van der Waals surface area contributed by atoms with E-state index in [0.717, 1.165) is 30.2 Å². The number of hydrogen-bond donors (Lipinski definition) is 2. The number of thiazole rings is 1. The zero-order valence-electron chi connectivity index (χ0n) is 13.5. The van der Waals surface area contributed by atoms with Gasteiger partial charge in [0.1, 0.15) is 11.6 Å². The van der Waals surface area contributed by atoms with Crippen LogP contribution in [0.5, 0.6) is 0 Å². The SMILES string of the molecule is Cc1nc(N/C=C(/C#N)C(=O)N2CCN(CCN)CC2)sc1C. The van der Waals surface area contributed by atoms with Gasteiger partial charge >= 0.3 is 0 Å². The zero-order valence-corrected chi connectivity index (χ0v) is 14.3. The lowest BCUT2D eigenvalue weighted by Crippen LogP contribution is -2.50. The summed E-state index contributed by atoms with van der Waals surface area (Å²) < 4.78 is 0. The summed E-state index contributed by atoms with van der Waals surface area (Å²) >= 11 is 1.50. The number of aromatic nitrogens is 1. The molecule has 1 amide bonds. The molecule has 0 aromatic carbocycles. The Morgan fingerprint density at radius 3 is 2.65 bits per heavy atom. The molecule has 0 bridgehead atoms. The molecule has 23 heavy (non-hydrogen) atoms. The highest BCUT2D eigenvalue weighted by Gasteiger charge is 2.23. The fourth-order valence-electron chi connectivity index (χ4n) is 2.34. The molecule has 1 saturated heterocycles. The second-order valence-corrected chi connectivity index (χ2v) is 6.60. The van der Waals surface area contributed by atoms with Crippen LogP contribution in [0.15, 0.2) is 11.8 Å². The van der Waals surface area contributed by atoms with E-state index in [4.69, 9.17) is 5.73 Å². The van der Waals surface area contributed by atoms with E-state index in [-0.39, 0.29) is 11.5 Å². The Morgan fingerprint density at radius 2 is 2.13 bits per heavy atom. The number of carbonyl (C=O) groups excluding carboxylic acids is 1. The first kappa shape index (κ1) is 17.4. The summed E-state index contributed by atoms with van der Waals surface area (Å²) in [6, 6.07) is 1.98. The van der Waals surface area contributed by atoms with Crippen LogP contribution in [-0.2, 0) is 4.79 Å². The number of rotatable bonds is 5. The second-order valence-electron chi connectivity index (χ2n) is 5.40.